The summed E-state index contributed by atoms with van der Waals surface area (Å²) in [5.41, 5.74) is 6.18. The van der Waals surface area contributed by atoms with Gasteiger partial charge in [-0.15, -0.1) is 0 Å². The van der Waals surface area contributed by atoms with Crippen LogP contribution in [0.25, 0.3) is 0 Å². The van der Waals surface area contributed by atoms with Crippen molar-refractivity contribution in [1.29, 1.82) is 0 Å². The van der Waals surface area contributed by atoms with E-state index in [1.807, 2.05) is 24.3 Å². The van der Waals surface area contributed by atoms with Gasteiger partial charge >= 0.3 is 0 Å². The number of carbonyl (C=O) groups excluding carboxylic acids is 1. The second-order valence-electron chi connectivity index (χ2n) is 5.21. The van der Waals surface area contributed by atoms with Crippen LogP contribution in [0.1, 0.15) is 24.8 Å². The van der Waals surface area contributed by atoms with Crippen LogP contribution in [0.2, 0.25) is 0 Å². The second-order valence-corrected chi connectivity index (χ2v) is 5.21. The highest BCUT2D eigenvalue weighted by atomic mass is 16.5. The van der Waals surface area contributed by atoms with Gasteiger partial charge in [0.05, 0.1) is 6.61 Å². The Balaban J connectivity index is 1.97. The second kappa shape index (κ2) is 7.26. The number of benzene rings is 1. The topological polar surface area (TPSA) is 75.8 Å². The largest absolute Gasteiger partial charge is 0.484 e. The van der Waals surface area contributed by atoms with Gasteiger partial charge in [0, 0.05) is 12.6 Å². The van der Waals surface area contributed by atoms with Crippen molar-refractivity contribution in [1.82, 2.24) is 4.90 Å². The molecular formula is C15H22N2O3. The number of likely N-dealkylation sites (tertiary alicyclic amines) is 1. The number of hydrogen-bond donors (Lipinski definition) is 2. The molecule has 5 nitrogen and oxygen atoms in total. The summed E-state index contributed by atoms with van der Waals surface area (Å²) in [6.45, 7) is 1.90. The molecule has 20 heavy (non-hydrogen) atoms. The lowest BCUT2D eigenvalue weighted by molar-refractivity contribution is -0.119. The first-order valence-electron chi connectivity index (χ1n) is 7.04. The number of primary amides is 1. The molecule has 0 saturated carbocycles. The van der Waals surface area contributed by atoms with E-state index in [0.717, 1.165) is 25.1 Å². The van der Waals surface area contributed by atoms with Crippen molar-refractivity contribution >= 4 is 5.91 Å². The highest BCUT2D eigenvalue weighted by molar-refractivity contribution is 5.75. The minimum atomic E-state index is -0.480. The van der Waals surface area contributed by atoms with Crippen molar-refractivity contribution in [2.24, 2.45) is 5.73 Å². The lowest BCUT2D eigenvalue weighted by atomic mass is 10.0. The predicted octanol–water partition coefficient (Wildman–Crippen LogP) is 0.897. The molecule has 110 valence electrons. The highest BCUT2D eigenvalue weighted by Gasteiger charge is 2.21. The lowest BCUT2D eigenvalue weighted by Crippen LogP contribution is -2.41. The van der Waals surface area contributed by atoms with Crippen LogP contribution < -0.4 is 10.5 Å². The molecule has 2 rings (SSSR count). The SMILES string of the molecule is NC(=O)COc1cccc(CN2CCCC[C@@H]2CO)c1. The van der Waals surface area contributed by atoms with Gasteiger partial charge in [0.25, 0.3) is 5.91 Å². The van der Waals surface area contributed by atoms with Gasteiger partial charge in [-0.1, -0.05) is 18.6 Å². The van der Waals surface area contributed by atoms with Gasteiger partial charge in [0.2, 0.25) is 0 Å². The molecule has 0 unspecified atom stereocenters. The Morgan fingerprint density at radius 3 is 3.05 bits per heavy atom. The molecule has 0 bridgehead atoms. The van der Waals surface area contributed by atoms with Gasteiger partial charge in [0.1, 0.15) is 5.75 Å². The zero-order valence-corrected chi connectivity index (χ0v) is 11.6. The molecule has 0 aliphatic carbocycles. The monoisotopic (exact) mass is 278 g/mol. The summed E-state index contributed by atoms with van der Waals surface area (Å²) >= 11 is 0. The first kappa shape index (κ1) is 14.8. The maximum Gasteiger partial charge on any atom is 0.255 e. The molecule has 0 aromatic heterocycles. The number of hydrogen-bond acceptors (Lipinski definition) is 4. The number of aliphatic hydroxyl groups is 1. The Morgan fingerprint density at radius 2 is 2.30 bits per heavy atom. The average molecular weight is 278 g/mol. The molecule has 5 heteroatoms. The van der Waals surface area contributed by atoms with Crippen molar-refractivity contribution in [3.05, 3.63) is 29.8 Å². The number of aliphatic hydroxyl groups excluding tert-OH is 1. The molecule has 1 saturated heterocycles. The number of ether oxygens (including phenoxy) is 1. The fourth-order valence-corrected chi connectivity index (χ4v) is 2.60. The van der Waals surface area contributed by atoms with E-state index in [1.54, 1.807) is 0 Å². The zero-order valence-electron chi connectivity index (χ0n) is 11.6. The number of nitrogens with two attached hydrogens (primary N) is 1. The number of carbonyl (C=O) groups is 1. The first-order valence-corrected chi connectivity index (χ1v) is 7.04. The first-order chi connectivity index (χ1) is 9.69. The Labute approximate surface area is 119 Å². The van der Waals surface area contributed by atoms with E-state index in [2.05, 4.69) is 4.90 Å². The molecule has 0 radical (unpaired) electrons. The van der Waals surface area contributed by atoms with Crippen LogP contribution in [0.4, 0.5) is 0 Å². The van der Waals surface area contributed by atoms with E-state index in [0.29, 0.717) is 5.75 Å². The Hall–Kier alpha value is -1.59. The minimum absolute atomic E-state index is 0.105. The zero-order chi connectivity index (χ0) is 14.4. The van der Waals surface area contributed by atoms with Gasteiger partial charge in [-0.05, 0) is 37.1 Å². The maximum atomic E-state index is 10.7. The highest BCUT2D eigenvalue weighted by Crippen LogP contribution is 2.21. The third kappa shape index (κ3) is 4.21. The minimum Gasteiger partial charge on any atom is -0.484 e. The van der Waals surface area contributed by atoms with Gasteiger partial charge in [-0.2, -0.15) is 0 Å². The number of amides is 1. The third-order valence-electron chi connectivity index (χ3n) is 3.63. The molecule has 1 aliphatic heterocycles. The van der Waals surface area contributed by atoms with Gasteiger partial charge in [-0.3, -0.25) is 9.69 Å². The summed E-state index contributed by atoms with van der Waals surface area (Å²) in [5.74, 6) is 0.172. The predicted molar refractivity (Wildman–Crippen MR) is 76.3 cm³/mol. The van der Waals surface area contributed by atoms with Crippen molar-refractivity contribution in [2.45, 2.75) is 31.8 Å². The fourth-order valence-electron chi connectivity index (χ4n) is 2.60. The van der Waals surface area contributed by atoms with Crippen LogP contribution in [-0.4, -0.2) is 41.7 Å². The van der Waals surface area contributed by atoms with Gasteiger partial charge in [-0.25, -0.2) is 0 Å². The fraction of sp³-hybridized carbons (Fsp3) is 0.533. The summed E-state index contributed by atoms with van der Waals surface area (Å²) in [4.78, 5) is 13.0. The molecule has 3 N–H and O–H groups in total. The van der Waals surface area contributed by atoms with E-state index in [-0.39, 0.29) is 19.3 Å². The summed E-state index contributed by atoms with van der Waals surface area (Å²) in [6.07, 6.45) is 3.41. The van der Waals surface area contributed by atoms with Gasteiger partial charge < -0.3 is 15.6 Å². The molecule has 1 aromatic rings. The van der Waals surface area contributed by atoms with Crippen molar-refractivity contribution in [2.75, 3.05) is 19.8 Å². The normalized spacial score (nSPS) is 19.8. The number of piperidine rings is 1. The molecule has 0 spiro atoms. The molecule has 1 amide bonds. The van der Waals surface area contributed by atoms with Crippen molar-refractivity contribution < 1.29 is 14.6 Å². The average Bonchev–Trinajstić information content (AvgIpc) is 2.46. The van der Waals surface area contributed by atoms with E-state index in [9.17, 15) is 9.90 Å². The lowest BCUT2D eigenvalue weighted by Gasteiger charge is -2.34. The Kier molecular flexibility index (Phi) is 5.38. The van der Waals surface area contributed by atoms with Crippen LogP contribution in [0, 0.1) is 0 Å². The maximum absolute atomic E-state index is 10.7. The van der Waals surface area contributed by atoms with Crippen LogP contribution in [-0.2, 0) is 11.3 Å². The van der Waals surface area contributed by atoms with Crippen molar-refractivity contribution in [3.63, 3.8) is 0 Å². The van der Waals surface area contributed by atoms with E-state index < -0.39 is 5.91 Å². The Morgan fingerprint density at radius 1 is 1.45 bits per heavy atom. The Bertz CT molecular complexity index is 450. The van der Waals surface area contributed by atoms with E-state index >= 15 is 0 Å². The molecule has 1 aliphatic rings. The summed E-state index contributed by atoms with van der Waals surface area (Å²) in [6, 6.07) is 7.92. The van der Waals surface area contributed by atoms with Crippen molar-refractivity contribution in [3.8, 4) is 5.75 Å². The van der Waals surface area contributed by atoms with Crippen LogP contribution in [0.15, 0.2) is 24.3 Å². The molecule has 1 atom stereocenters. The molecule has 1 fully saturated rings. The quantitative estimate of drug-likeness (QED) is 0.810. The van der Waals surface area contributed by atoms with Crippen LogP contribution >= 0.6 is 0 Å². The molecular weight excluding hydrogens is 256 g/mol. The standard InChI is InChI=1S/C15H22N2O3/c16-15(19)11-20-14-6-3-4-12(8-14)9-17-7-2-1-5-13(17)10-18/h3-4,6,8,13,18H,1-2,5,7,9-11H2,(H2,16,19)/t13-/m1/s1. The molecule has 1 heterocycles. The van der Waals surface area contributed by atoms with Gasteiger partial charge in [0.15, 0.2) is 6.61 Å². The van der Waals surface area contributed by atoms with E-state index in [4.69, 9.17) is 10.5 Å². The number of rotatable bonds is 6. The summed E-state index contributed by atoms with van der Waals surface area (Å²) < 4.78 is 5.31. The number of nitrogens with zero attached hydrogens (tertiary/aromatic N) is 1. The van der Waals surface area contributed by atoms with Crippen LogP contribution in [0.5, 0.6) is 5.75 Å². The summed E-state index contributed by atoms with van der Waals surface area (Å²) in [7, 11) is 0. The summed E-state index contributed by atoms with van der Waals surface area (Å²) in [5, 5.41) is 9.42. The van der Waals surface area contributed by atoms with Crippen LogP contribution in [0.3, 0.4) is 0 Å². The third-order valence-corrected chi connectivity index (χ3v) is 3.63. The smallest absolute Gasteiger partial charge is 0.255 e. The van der Waals surface area contributed by atoms with E-state index in [1.165, 1.54) is 12.8 Å². The molecule has 1 aromatic carbocycles.